The van der Waals surface area contributed by atoms with Gasteiger partial charge in [-0.1, -0.05) is 12.1 Å². The number of ether oxygens (including phenoxy) is 2. The Morgan fingerprint density at radius 1 is 1.16 bits per heavy atom. The number of thioether (sulfide) groups is 1. The second-order valence-electron chi connectivity index (χ2n) is 5.99. The molecule has 0 radical (unpaired) electrons. The van der Waals surface area contributed by atoms with Crippen LogP contribution in [-0.4, -0.2) is 44.9 Å². The maximum atomic E-state index is 12.2. The topological polar surface area (TPSA) is 134 Å². The molecule has 3 rings (SSSR count). The molecule has 0 bridgehead atoms. The normalized spacial score (nSPS) is 11.1. The van der Waals surface area contributed by atoms with E-state index in [1.54, 1.807) is 36.9 Å². The number of benzene rings is 2. The molecule has 1 aromatic heterocycles. The van der Waals surface area contributed by atoms with Crippen LogP contribution in [0.3, 0.4) is 0 Å². The zero-order chi connectivity index (χ0) is 22.4. The zero-order valence-corrected chi connectivity index (χ0v) is 17.6. The van der Waals surface area contributed by atoms with Crippen LogP contribution in [-0.2, 0) is 16.6 Å². The molecule has 1 N–H and O–H groups in total. The summed E-state index contributed by atoms with van der Waals surface area (Å²) in [6.45, 7) is 0. The van der Waals surface area contributed by atoms with Crippen molar-refractivity contribution >= 4 is 34.1 Å². The number of carbonyl (C=O) groups excluding carboxylic acids is 1. The van der Waals surface area contributed by atoms with Gasteiger partial charge in [0.15, 0.2) is 11.0 Å². The predicted octanol–water partition coefficient (Wildman–Crippen LogP) is 3.09. The number of nitrogens with one attached hydrogen (secondary N) is 1. The summed E-state index contributed by atoms with van der Waals surface area (Å²) in [4.78, 5) is 22.8. The number of hydrogen-bond donors (Lipinski definition) is 1. The summed E-state index contributed by atoms with van der Waals surface area (Å²) in [5.41, 5.74) is 3.31. The van der Waals surface area contributed by atoms with Gasteiger partial charge in [-0.05, 0) is 42.1 Å². The Bertz CT molecular complexity index is 1130. The number of nitro benzene ring substituents is 1. The number of carbonyl (C=O) groups is 1. The molecule has 160 valence electrons. The Morgan fingerprint density at radius 2 is 1.87 bits per heavy atom. The van der Waals surface area contributed by atoms with Crippen molar-refractivity contribution in [1.82, 2.24) is 14.8 Å². The molecule has 0 amide bonds. The molecule has 0 unspecified atom stereocenters. The highest BCUT2D eigenvalue weighted by atomic mass is 32.2. The summed E-state index contributed by atoms with van der Waals surface area (Å²) in [7, 11) is 4.53. The summed E-state index contributed by atoms with van der Waals surface area (Å²) >= 11 is 0.912. The molecule has 0 aliphatic rings. The zero-order valence-electron chi connectivity index (χ0n) is 16.8. The number of nitro groups is 1. The van der Waals surface area contributed by atoms with E-state index >= 15 is 0 Å². The van der Waals surface area contributed by atoms with Gasteiger partial charge in [-0.15, -0.1) is 10.2 Å². The molecule has 11 nitrogen and oxygen atoms in total. The molecule has 12 heteroatoms. The fourth-order valence-electron chi connectivity index (χ4n) is 2.52. The highest BCUT2D eigenvalue weighted by molar-refractivity contribution is 8.15. The summed E-state index contributed by atoms with van der Waals surface area (Å²) in [5.74, 6) is 0.549. The monoisotopic (exact) mass is 442 g/mol. The minimum atomic E-state index is -0.731. The molecule has 0 aliphatic heterocycles. The van der Waals surface area contributed by atoms with Crippen LogP contribution in [0.15, 0.2) is 58.8 Å². The van der Waals surface area contributed by atoms with Crippen LogP contribution in [0, 0.1) is 10.1 Å². The maximum Gasteiger partial charge on any atom is 0.365 e. The van der Waals surface area contributed by atoms with E-state index in [1.165, 1.54) is 25.3 Å². The largest absolute Gasteiger partial charge is 0.497 e. The van der Waals surface area contributed by atoms with Gasteiger partial charge in [-0.3, -0.25) is 15.5 Å². The third-order valence-corrected chi connectivity index (χ3v) is 5.10. The van der Waals surface area contributed by atoms with Crippen LogP contribution in [0.5, 0.6) is 5.75 Å². The molecule has 0 aliphatic carbocycles. The molecule has 3 aromatic rings. The van der Waals surface area contributed by atoms with Crippen molar-refractivity contribution in [3.63, 3.8) is 0 Å². The highest BCUT2D eigenvalue weighted by Crippen LogP contribution is 2.27. The number of esters is 1. The Morgan fingerprint density at radius 3 is 2.52 bits per heavy atom. The molecule has 1 heterocycles. The second-order valence-corrected chi connectivity index (χ2v) is 6.95. The fourth-order valence-corrected chi connectivity index (χ4v) is 3.25. The van der Waals surface area contributed by atoms with E-state index in [0.29, 0.717) is 16.7 Å². The SMILES string of the molecule is COC(=O)/C(=N\Nc1ccccc1[N+](=O)[O-])Sc1nnc(-c2ccc(OC)cc2)n1C. The summed E-state index contributed by atoms with van der Waals surface area (Å²) in [5, 5.41) is 23.7. The van der Waals surface area contributed by atoms with Crippen LogP contribution in [0.2, 0.25) is 0 Å². The van der Waals surface area contributed by atoms with E-state index in [0.717, 1.165) is 17.3 Å². The number of hydrogen-bond acceptors (Lipinski definition) is 10. The van der Waals surface area contributed by atoms with Gasteiger partial charge >= 0.3 is 5.97 Å². The van der Waals surface area contributed by atoms with Crippen molar-refractivity contribution < 1.29 is 19.2 Å². The van der Waals surface area contributed by atoms with Gasteiger partial charge in [0, 0.05) is 18.7 Å². The maximum absolute atomic E-state index is 12.2. The van der Waals surface area contributed by atoms with Crippen molar-refractivity contribution in [2.75, 3.05) is 19.6 Å². The Labute approximate surface area is 181 Å². The molecule has 0 atom stereocenters. The lowest BCUT2D eigenvalue weighted by Gasteiger charge is -2.07. The summed E-state index contributed by atoms with van der Waals surface area (Å²) in [6.07, 6.45) is 0. The molecule has 31 heavy (non-hydrogen) atoms. The van der Waals surface area contributed by atoms with E-state index in [9.17, 15) is 14.9 Å². The molecule has 2 aromatic carbocycles. The van der Waals surface area contributed by atoms with Gasteiger partial charge in [0.05, 0.1) is 19.1 Å². The minimum Gasteiger partial charge on any atom is -0.497 e. The lowest BCUT2D eigenvalue weighted by molar-refractivity contribution is -0.384. The van der Waals surface area contributed by atoms with Gasteiger partial charge in [-0.2, -0.15) is 5.10 Å². The first-order valence-electron chi connectivity index (χ1n) is 8.81. The van der Waals surface area contributed by atoms with Crippen LogP contribution in [0.25, 0.3) is 11.4 Å². The average molecular weight is 442 g/mol. The van der Waals surface area contributed by atoms with Crippen molar-refractivity contribution in [2.24, 2.45) is 12.1 Å². The highest BCUT2D eigenvalue weighted by Gasteiger charge is 2.21. The number of hydrazone groups is 1. The number of nitrogens with zero attached hydrogens (tertiary/aromatic N) is 5. The number of anilines is 1. The molecular formula is C19H18N6O5S. The first-order chi connectivity index (χ1) is 14.9. The first kappa shape index (κ1) is 21.8. The van der Waals surface area contributed by atoms with Gasteiger partial charge in [-0.25, -0.2) is 4.79 Å². The van der Waals surface area contributed by atoms with Gasteiger partial charge in [0.1, 0.15) is 11.4 Å². The Hall–Kier alpha value is -3.93. The van der Waals surface area contributed by atoms with Crippen LogP contribution >= 0.6 is 11.8 Å². The summed E-state index contributed by atoms with van der Waals surface area (Å²) in [6, 6.07) is 13.2. The number of rotatable bonds is 6. The van der Waals surface area contributed by atoms with Gasteiger partial charge in [0.25, 0.3) is 5.69 Å². The minimum absolute atomic E-state index is 0.0996. The quantitative estimate of drug-likeness (QED) is 0.153. The smallest absolute Gasteiger partial charge is 0.365 e. The lowest BCUT2D eigenvalue weighted by Crippen LogP contribution is -2.15. The van der Waals surface area contributed by atoms with E-state index < -0.39 is 10.9 Å². The number of para-hydroxylation sites is 2. The molecular weight excluding hydrogens is 424 g/mol. The standard InChI is InChI=1S/C19H18N6O5S/c1-24-16(12-8-10-13(29-2)11-9-12)21-23-19(24)31-17(18(26)30-3)22-20-14-6-4-5-7-15(14)25(27)28/h4-11,20H,1-3H3/b22-17+. The second kappa shape index (κ2) is 9.71. The molecule has 0 spiro atoms. The number of methoxy groups -OCH3 is 2. The van der Waals surface area contributed by atoms with Crippen molar-refractivity contribution in [3.8, 4) is 17.1 Å². The van der Waals surface area contributed by atoms with Crippen LogP contribution in [0.4, 0.5) is 11.4 Å². The lowest BCUT2D eigenvalue weighted by atomic mass is 10.2. The van der Waals surface area contributed by atoms with E-state index in [4.69, 9.17) is 9.47 Å². The Balaban J connectivity index is 1.87. The van der Waals surface area contributed by atoms with Gasteiger partial charge < -0.3 is 14.0 Å². The molecule has 0 saturated heterocycles. The van der Waals surface area contributed by atoms with Crippen molar-refractivity contribution in [2.45, 2.75) is 5.16 Å². The van der Waals surface area contributed by atoms with Gasteiger partial charge in [0.2, 0.25) is 5.04 Å². The summed E-state index contributed by atoms with van der Waals surface area (Å²) < 4.78 is 11.6. The third kappa shape index (κ3) is 4.98. The fraction of sp³-hybridized carbons (Fsp3) is 0.158. The number of aromatic nitrogens is 3. The van der Waals surface area contributed by atoms with E-state index in [-0.39, 0.29) is 16.4 Å². The van der Waals surface area contributed by atoms with Crippen LogP contribution in [0.1, 0.15) is 0 Å². The predicted molar refractivity (Wildman–Crippen MR) is 115 cm³/mol. The average Bonchev–Trinajstić information content (AvgIpc) is 3.16. The van der Waals surface area contributed by atoms with E-state index in [1.807, 2.05) is 12.1 Å². The third-order valence-electron chi connectivity index (χ3n) is 4.11. The van der Waals surface area contributed by atoms with E-state index in [2.05, 4.69) is 20.7 Å². The molecule has 0 fully saturated rings. The Kier molecular flexibility index (Phi) is 6.82. The first-order valence-corrected chi connectivity index (χ1v) is 9.63. The van der Waals surface area contributed by atoms with Crippen molar-refractivity contribution in [3.05, 3.63) is 58.6 Å². The van der Waals surface area contributed by atoms with Crippen molar-refractivity contribution in [1.29, 1.82) is 0 Å². The molecule has 0 saturated carbocycles. The van der Waals surface area contributed by atoms with Crippen LogP contribution < -0.4 is 10.2 Å².